The second-order valence-electron chi connectivity index (χ2n) is 7.41. The summed E-state index contributed by atoms with van der Waals surface area (Å²) in [5, 5.41) is 0. The zero-order valence-corrected chi connectivity index (χ0v) is 18.1. The van der Waals surface area contributed by atoms with Crippen LogP contribution in [-0.2, 0) is 25.5 Å². The molecule has 0 amide bonds. The van der Waals surface area contributed by atoms with Crippen LogP contribution in [0.1, 0.15) is 19.4 Å². The van der Waals surface area contributed by atoms with E-state index >= 15 is 0 Å². The fourth-order valence-electron chi connectivity index (χ4n) is 2.86. The second kappa shape index (κ2) is 11.2. The topological polar surface area (TPSA) is 61.8 Å². The smallest absolute Gasteiger partial charge is 0.338 e. The molecule has 2 rings (SSSR count). The van der Waals surface area contributed by atoms with E-state index in [-0.39, 0.29) is 23.8 Å². The Hall–Kier alpha value is -3.25. The molecule has 2 aromatic rings. The van der Waals surface area contributed by atoms with Gasteiger partial charge in [-0.15, -0.1) is 0 Å². The predicted molar refractivity (Wildman–Crippen MR) is 117 cm³/mol. The van der Waals surface area contributed by atoms with Crippen molar-refractivity contribution in [1.82, 2.24) is 0 Å². The first-order chi connectivity index (χ1) is 14.7. The molecule has 5 nitrogen and oxygen atoms in total. The summed E-state index contributed by atoms with van der Waals surface area (Å²) in [5.74, 6) is -1.42. The Morgan fingerprint density at radius 2 is 1.61 bits per heavy atom. The van der Waals surface area contributed by atoms with E-state index in [9.17, 15) is 14.0 Å². The number of benzene rings is 2. The maximum atomic E-state index is 14.6. The van der Waals surface area contributed by atoms with E-state index in [2.05, 4.69) is 13.2 Å². The Kier molecular flexibility index (Phi) is 8.70. The number of ether oxygens (including phenoxy) is 3. The molecule has 0 bridgehead atoms. The summed E-state index contributed by atoms with van der Waals surface area (Å²) in [6, 6.07) is 11.7. The first-order valence-corrected chi connectivity index (χ1v) is 9.79. The molecule has 0 saturated carbocycles. The first kappa shape index (κ1) is 24.0. The van der Waals surface area contributed by atoms with Crippen molar-refractivity contribution < 1.29 is 28.2 Å². The van der Waals surface area contributed by atoms with Crippen LogP contribution in [-0.4, -0.2) is 32.3 Å². The van der Waals surface area contributed by atoms with E-state index in [1.165, 1.54) is 19.1 Å². The molecule has 0 heterocycles. The summed E-state index contributed by atoms with van der Waals surface area (Å²) in [5.41, 5.74) is 2.68. The Bertz CT molecular complexity index is 962. The van der Waals surface area contributed by atoms with E-state index in [4.69, 9.17) is 14.2 Å². The van der Waals surface area contributed by atoms with E-state index in [1.807, 2.05) is 24.3 Å². The van der Waals surface area contributed by atoms with Crippen LogP contribution in [0.2, 0.25) is 0 Å². The molecule has 0 aliphatic heterocycles. The van der Waals surface area contributed by atoms with Crippen molar-refractivity contribution in [2.24, 2.45) is 5.92 Å². The average molecular weight is 426 g/mol. The van der Waals surface area contributed by atoms with Gasteiger partial charge < -0.3 is 14.2 Å². The summed E-state index contributed by atoms with van der Waals surface area (Å²) in [7, 11) is 1.59. The lowest BCUT2D eigenvalue weighted by Crippen LogP contribution is -2.20. The monoisotopic (exact) mass is 426 g/mol. The third-order valence-electron chi connectivity index (χ3n) is 4.49. The van der Waals surface area contributed by atoms with Crippen LogP contribution in [0.4, 0.5) is 4.39 Å². The van der Waals surface area contributed by atoms with E-state index in [0.29, 0.717) is 29.7 Å². The van der Waals surface area contributed by atoms with E-state index in [1.54, 1.807) is 20.1 Å². The van der Waals surface area contributed by atoms with Gasteiger partial charge in [-0.05, 0) is 43.5 Å². The second-order valence-corrected chi connectivity index (χ2v) is 7.41. The Balaban J connectivity index is 2.08. The van der Waals surface area contributed by atoms with Crippen molar-refractivity contribution in [2.75, 3.05) is 20.3 Å². The number of methoxy groups -OCH3 is 1. The third-order valence-corrected chi connectivity index (χ3v) is 4.49. The minimum atomic E-state index is -0.601. The standard InChI is InChI=1S/C25H27FO5/c1-16(2)24(27)30-15-19(14-29-5)12-18-6-8-20(9-7-18)22-11-10-21(13-23(22)26)31-25(28)17(3)4/h6-11,13,19H,1,3,12,14-15H2,2,4-5H3. The summed E-state index contributed by atoms with van der Waals surface area (Å²) < 4.78 is 30.1. The maximum Gasteiger partial charge on any atom is 0.338 e. The molecular weight excluding hydrogens is 399 g/mol. The number of halogens is 1. The van der Waals surface area contributed by atoms with Crippen LogP contribution in [0.15, 0.2) is 66.8 Å². The molecule has 0 spiro atoms. The first-order valence-electron chi connectivity index (χ1n) is 9.79. The molecule has 6 heteroatoms. The van der Waals surface area contributed by atoms with Crippen LogP contribution < -0.4 is 4.74 Å². The molecule has 0 N–H and O–H groups in total. The van der Waals surface area contributed by atoms with Gasteiger partial charge in [0.05, 0.1) is 13.2 Å². The van der Waals surface area contributed by atoms with Gasteiger partial charge in [0.25, 0.3) is 0 Å². The number of hydrogen-bond donors (Lipinski definition) is 0. The van der Waals surface area contributed by atoms with E-state index in [0.717, 1.165) is 5.56 Å². The molecule has 0 aliphatic carbocycles. The summed E-state index contributed by atoms with van der Waals surface area (Å²) in [4.78, 5) is 23.2. The van der Waals surface area contributed by atoms with Gasteiger partial charge in [0, 0.05) is 35.8 Å². The Labute approximate surface area is 182 Å². The quantitative estimate of drug-likeness (QED) is 0.307. The fourth-order valence-corrected chi connectivity index (χ4v) is 2.86. The maximum absolute atomic E-state index is 14.6. The number of esters is 2. The minimum Gasteiger partial charge on any atom is -0.462 e. The van der Waals surface area contributed by atoms with Crippen LogP contribution in [0.3, 0.4) is 0 Å². The molecule has 0 fully saturated rings. The number of rotatable bonds is 10. The molecule has 164 valence electrons. The third kappa shape index (κ3) is 7.19. The number of carbonyl (C=O) groups is 2. The lowest BCUT2D eigenvalue weighted by Gasteiger charge is -2.16. The van der Waals surface area contributed by atoms with Crippen molar-refractivity contribution in [3.63, 3.8) is 0 Å². The minimum absolute atomic E-state index is 0.0156. The van der Waals surface area contributed by atoms with Gasteiger partial charge in [-0.1, -0.05) is 37.4 Å². The summed E-state index contributed by atoms with van der Waals surface area (Å²) in [6.07, 6.45) is 0.635. The molecule has 1 atom stereocenters. The Morgan fingerprint density at radius 3 is 2.16 bits per heavy atom. The summed E-state index contributed by atoms with van der Waals surface area (Å²) >= 11 is 0. The lowest BCUT2D eigenvalue weighted by atomic mass is 9.97. The van der Waals surface area contributed by atoms with Crippen LogP contribution in [0, 0.1) is 11.7 Å². The Morgan fingerprint density at radius 1 is 0.968 bits per heavy atom. The fraction of sp³-hybridized carbons (Fsp3) is 0.280. The number of carbonyl (C=O) groups excluding carboxylic acids is 2. The molecule has 2 aromatic carbocycles. The van der Waals surface area contributed by atoms with Crippen molar-refractivity contribution >= 4 is 11.9 Å². The zero-order valence-electron chi connectivity index (χ0n) is 18.1. The predicted octanol–water partition coefficient (Wildman–Crippen LogP) is 4.90. The molecule has 0 aromatic heterocycles. The van der Waals surface area contributed by atoms with Gasteiger partial charge >= 0.3 is 11.9 Å². The van der Waals surface area contributed by atoms with Crippen molar-refractivity contribution in [2.45, 2.75) is 20.3 Å². The zero-order chi connectivity index (χ0) is 23.0. The SMILES string of the molecule is C=C(C)C(=O)OCC(COC)Cc1ccc(-c2ccc(OC(=O)C(=C)C)cc2F)cc1. The van der Waals surface area contributed by atoms with Gasteiger partial charge in [-0.2, -0.15) is 0 Å². The molecular formula is C25H27FO5. The van der Waals surface area contributed by atoms with Crippen molar-refractivity contribution in [3.8, 4) is 16.9 Å². The normalized spacial score (nSPS) is 11.5. The van der Waals surface area contributed by atoms with Crippen LogP contribution in [0.5, 0.6) is 5.75 Å². The van der Waals surface area contributed by atoms with Crippen molar-refractivity contribution in [3.05, 3.63) is 78.1 Å². The van der Waals surface area contributed by atoms with Crippen LogP contribution in [0.25, 0.3) is 11.1 Å². The molecule has 0 aliphatic rings. The van der Waals surface area contributed by atoms with E-state index < -0.39 is 17.8 Å². The van der Waals surface area contributed by atoms with Crippen LogP contribution >= 0.6 is 0 Å². The molecule has 0 saturated heterocycles. The highest BCUT2D eigenvalue weighted by atomic mass is 19.1. The number of hydrogen-bond acceptors (Lipinski definition) is 5. The average Bonchev–Trinajstić information content (AvgIpc) is 2.72. The molecule has 31 heavy (non-hydrogen) atoms. The lowest BCUT2D eigenvalue weighted by molar-refractivity contribution is -0.140. The van der Waals surface area contributed by atoms with Gasteiger partial charge in [0.2, 0.25) is 0 Å². The van der Waals surface area contributed by atoms with Gasteiger partial charge in [0.1, 0.15) is 11.6 Å². The van der Waals surface area contributed by atoms with Crippen molar-refractivity contribution in [1.29, 1.82) is 0 Å². The molecule has 0 radical (unpaired) electrons. The largest absolute Gasteiger partial charge is 0.462 e. The van der Waals surface area contributed by atoms with Gasteiger partial charge in [-0.3, -0.25) is 0 Å². The summed E-state index contributed by atoms with van der Waals surface area (Å²) in [6.45, 7) is 10.9. The highest BCUT2D eigenvalue weighted by Crippen LogP contribution is 2.27. The van der Waals surface area contributed by atoms with Gasteiger partial charge in [-0.25, -0.2) is 14.0 Å². The van der Waals surface area contributed by atoms with Gasteiger partial charge in [0.15, 0.2) is 0 Å². The highest BCUT2D eigenvalue weighted by molar-refractivity contribution is 5.89. The molecule has 1 unspecified atom stereocenters. The highest BCUT2D eigenvalue weighted by Gasteiger charge is 2.15.